The van der Waals surface area contributed by atoms with Crippen molar-refractivity contribution in [3.8, 4) is 0 Å². The Bertz CT molecular complexity index is 95.1. The number of ketones is 1. The van der Waals surface area contributed by atoms with Gasteiger partial charge in [-0.1, -0.05) is 6.92 Å². The summed E-state index contributed by atoms with van der Waals surface area (Å²) in [5, 5.41) is 0. The van der Waals surface area contributed by atoms with E-state index in [4.69, 9.17) is 5.73 Å². The van der Waals surface area contributed by atoms with Crippen LogP contribution in [0.3, 0.4) is 0 Å². The van der Waals surface area contributed by atoms with Gasteiger partial charge in [0.15, 0.2) is 0 Å². The number of hydrogen-bond donors (Lipinski definition) is 2. The molecule has 9 heavy (non-hydrogen) atoms. The number of carbonyl (C=O) groups is 1. The number of Topliss-reactive ketones (excluding diaryl/α,β-unsaturated/α-hetero) is 1. The Hall–Kier alpha value is -0.0200. The van der Waals surface area contributed by atoms with Gasteiger partial charge in [-0.15, -0.1) is 0 Å². The zero-order valence-corrected chi connectivity index (χ0v) is 6.53. The van der Waals surface area contributed by atoms with Gasteiger partial charge in [0.2, 0.25) is 0 Å². The zero-order valence-electron chi connectivity index (χ0n) is 5.63. The molecule has 0 aliphatic carbocycles. The first kappa shape index (κ1) is 8.98. The Kier molecular flexibility index (Phi) is 4.81. The quantitative estimate of drug-likeness (QED) is 0.572. The summed E-state index contributed by atoms with van der Waals surface area (Å²) < 4.78 is 0. The fourth-order valence-corrected chi connectivity index (χ4v) is 0.840. The topological polar surface area (TPSA) is 43.1 Å². The normalized spacial score (nSPS) is 13.2. The number of thiol groups is 1. The average Bonchev–Trinajstić information content (AvgIpc) is 1.87. The summed E-state index contributed by atoms with van der Waals surface area (Å²) in [7, 11) is 0. The number of rotatable bonds is 4. The molecule has 2 nitrogen and oxygen atoms in total. The number of nitrogens with two attached hydrogens (primary N) is 1. The van der Waals surface area contributed by atoms with Crippen molar-refractivity contribution in [2.45, 2.75) is 25.8 Å². The highest BCUT2D eigenvalue weighted by molar-refractivity contribution is 7.80. The first-order valence-electron chi connectivity index (χ1n) is 3.11. The maximum Gasteiger partial charge on any atom is 0.149 e. The van der Waals surface area contributed by atoms with Crippen molar-refractivity contribution in [2.75, 3.05) is 5.75 Å². The summed E-state index contributed by atoms with van der Waals surface area (Å²) in [6, 6.07) is -0.285. The molecule has 1 unspecified atom stereocenters. The summed E-state index contributed by atoms with van der Waals surface area (Å²) in [5.41, 5.74) is 5.44. The molecule has 3 heteroatoms. The third-order valence-corrected chi connectivity index (χ3v) is 1.46. The SMILES string of the molecule is CCC(=O)C(N)CCS. The van der Waals surface area contributed by atoms with E-state index in [9.17, 15) is 4.79 Å². The van der Waals surface area contributed by atoms with Crippen molar-refractivity contribution < 1.29 is 4.79 Å². The molecule has 0 heterocycles. The van der Waals surface area contributed by atoms with Gasteiger partial charge in [-0.25, -0.2) is 0 Å². The van der Waals surface area contributed by atoms with Gasteiger partial charge in [0.25, 0.3) is 0 Å². The Balaban J connectivity index is 3.45. The molecule has 0 aromatic carbocycles. The maximum absolute atomic E-state index is 10.7. The zero-order chi connectivity index (χ0) is 7.28. The van der Waals surface area contributed by atoms with Gasteiger partial charge < -0.3 is 5.73 Å². The summed E-state index contributed by atoms with van der Waals surface area (Å²) in [6.07, 6.45) is 1.23. The Morgan fingerprint density at radius 1 is 1.78 bits per heavy atom. The third-order valence-electron chi connectivity index (χ3n) is 1.20. The van der Waals surface area contributed by atoms with E-state index < -0.39 is 0 Å². The molecule has 0 saturated heterocycles. The first-order valence-corrected chi connectivity index (χ1v) is 3.74. The van der Waals surface area contributed by atoms with Crippen LogP contribution in [0, 0.1) is 0 Å². The average molecular weight is 147 g/mol. The lowest BCUT2D eigenvalue weighted by molar-refractivity contribution is -0.120. The van der Waals surface area contributed by atoms with Crippen LogP contribution in [0.25, 0.3) is 0 Å². The van der Waals surface area contributed by atoms with Crippen LogP contribution >= 0.6 is 12.6 Å². The fourth-order valence-electron chi connectivity index (χ4n) is 0.562. The molecule has 0 rings (SSSR count). The lowest BCUT2D eigenvalue weighted by Crippen LogP contribution is -2.30. The third kappa shape index (κ3) is 3.54. The lowest BCUT2D eigenvalue weighted by Gasteiger charge is -2.04. The lowest BCUT2D eigenvalue weighted by atomic mass is 10.1. The van der Waals surface area contributed by atoms with Gasteiger partial charge in [0.05, 0.1) is 6.04 Å². The predicted octanol–water partition coefficient (Wildman–Crippen LogP) is 0.613. The minimum Gasteiger partial charge on any atom is -0.321 e. The minimum atomic E-state index is -0.285. The first-order chi connectivity index (χ1) is 4.22. The summed E-state index contributed by atoms with van der Waals surface area (Å²) in [6.45, 7) is 1.82. The summed E-state index contributed by atoms with van der Waals surface area (Å²) >= 11 is 3.96. The summed E-state index contributed by atoms with van der Waals surface area (Å²) in [4.78, 5) is 10.7. The molecule has 0 spiro atoms. The molecule has 1 atom stereocenters. The largest absolute Gasteiger partial charge is 0.321 e. The molecule has 0 aliphatic heterocycles. The predicted molar refractivity (Wildman–Crippen MR) is 41.7 cm³/mol. The van der Waals surface area contributed by atoms with Crippen LogP contribution in [0.15, 0.2) is 0 Å². The molecule has 2 N–H and O–H groups in total. The van der Waals surface area contributed by atoms with Crippen molar-refractivity contribution in [3.05, 3.63) is 0 Å². The van der Waals surface area contributed by atoms with Crippen LogP contribution < -0.4 is 5.73 Å². The molecule has 0 aliphatic rings. The van der Waals surface area contributed by atoms with Gasteiger partial charge in [-0.2, -0.15) is 12.6 Å². The Morgan fingerprint density at radius 3 is 2.67 bits per heavy atom. The van der Waals surface area contributed by atoms with Crippen molar-refractivity contribution in [3.63, 3.8) is 0 Å². The minimum absolute atomic E-state index is 0.129. The molecule has 0 aromatic heterocycles. The Morgan fingerprint density at radius 2 is 2.33 bits per heavy atom. The van der Waals surface area contributed by atoms with E-state index in [1.165, 1.54) is 0 Å². The van der Waals surface area contributed by atoms with Crippen LogP contribution in [0.2, 0.25) is 0 Å². The highest BCUT2D eigenvalue weighted by atomic mass is 32.1. The monoisotopic (exact) mass is 147 g/mol. The van der Waals surface area contributed by atoms with Crippen LogP contribution in [-0.2, 0) is 4.79 Å². The number of hydrogen-bond acceptors (Lipinski definition) is 3. The van der Waals surface area contributed by atoms with Crippen molar-refractivity contribution in [1.29, 1.82) is 0 Å². The van der Waals surface area contributed by atoms with Crippen LogP contribution in [-0.4, -0.2) is 17.6 Å². The van der Waals surface area contributed by atoms with E-state index in [0.717, 1.165) is 0 Å². The van der Waals surface area contributed by atoms with Crippen molar-refractivity contribution in [2.24, 2.45) is 5.73 Å². The summed E-state index contributed by atoms with van der Waals surface area (Å²) in [5.74, 6) is 0.816. The maximum atomic E-state index is 10.7. The van der Waals surface area contributed by atoms with E-state index in [1.54, 1.807) is 0 Å². The molecule has 0 radical (unpaired) electrons. The second kappa shape index (κ2) is 4.82. The van der Waals surface area contributed by atoms with Gasteiger partial charge >= 0.3 is 0 Å². The van der Waals surface area contributed by atoms with Crippen LogP contribution in [0.1, 0.15) is 19.8 Å². The van der Waals surface area contributed by atoms with Crippen molar-refractivity contribution >= 4 is 18.4 Å². The molecule has 0 aromatic rings. The van der Waals surface area contributed by atoms with Crippen LogP contribution in [0.5, 0.6) is 0 Å². The molecule has 0 fully saturated rings. The Labute approximate surface area is 61.2 Å². The highest BCUT2D eigenvalue weighted by Crippen LogP contribution is 1.94. The molecule has 0 bridgehead atoms. The second-order valence-corrected chi connectivity index (χ2v) is 2.39. The van der Waals surface area contributed by atoms with Gasteiger partial charge in [0.1, 0.15) is 5.78 Å². The molecule has 0 amide bonds. The van der Waals surface area contributed by atoms with E-state index in [2.05, 4.69) is 12.6 Å². The van der Waals surface area contributed by atoms with Gasteiger partial charge in [0, 0.05) is 6.42 Å². The molecule has 54 valence electrons. The smallest absolute Gasteiger partial charge is 0.149 e. The standard InChI is InChI=1S/C6H13NOS/c1-2-6(8)5(7)3-4-9/h5,9H,2-4,7H2,1H3. The second-order valence-electron chi connectivity index (χ2n) is 1.94. The van der Waals surface area contributed by atoms with Gasteiger partial charge in [-0.3, -0.25) is 4.79 Å². The molecular formula is C6H13NOS. The van der Waals surface area contributed by atoms with E-state index in [0.29, 0.717) is 18.6 Å². The van der Waals surface area contributed by atoms with E-state index >= 15 is 0 Å². The van der Waals surface area contributed by atoms with Crippen LogP contribution in [0.4, 0.5) is 0 Å². The van der Waals surface area contributed by atoms with E-state index in [1.807, 2.05) is 6.92 Å². The van der Waals surface area contributed by atoms with Gasteiger partial charge in [-0.05, 0) is 12.2 Å². The molecule has 0 saturated carbocycles. The van der Waals surface area contributed by atoms with E-state index in [-0.39, 0.29) is 11.8 Å². The highest BCUT2D eigenvalue weighted by Gasteiger charge is 2.08. The fraction of sp³-hybridized carbons (Fsp3) is 0.833. The number of carbonyl (C=O) groups excluding carboxylic acids is 1. The molecular weight excluding hydrogens is 134 g/mol. The van der Waals surface area contributed by atoms with Crippen molar-refractivity contribution in [1.82, 2.24) is 0 Å².